The zero-order valence-electron chi connectivity index (χ0n) is 62.3. The van der Waals surface area contributed by atoms with Gasteiger partial charge in [0.1, 0.15) is 46.3 Å². The number of halogens is 6. The Balaban J connectivity index is 0.000000240. The number of hydrogen-bond donors (Lipinski definition) is 2. The molecule has 544 valence electrons. The van der Waals surface area contributed by atoms with Gasteiger partial charge in [0, 0.05) is 61.4 Å². The molecule has 0 saturated heterocycles. The van der Waals surface area contributed by atoms with Gasteiger partial charge in [0.2, 0.25) is 0 Å². The average Bonchev–Trinajstić information content (AvgIpc) is 0.801. The third kappa shape index (κ3) is 20.8. The van der Waals surface area contributed by atoms with Crippen molar-refractivity contribution in [2.24, 2.45) is 21.7 Å². The molecule has 0 aliphatic rings. The SMILES string of the molecule is CCC(C)(C)[C@@H](OC)c1cc(CBr)ccc1-c1cc(OC)ccc1F.CCC(C)(C)[C@@H](OC)c1cc(CO)ccc1-c1cc(OC)ccc1F.CCC(C)(C)[C@H](OC)c1cc(CBr)ccc1-c1cc(OC)ccc1F.CCC(C)(C)[C@H](OC)c1cc(CO)ccc1-c1cc(OC)ccc1F. The maximum absolute atomic E-state index is 14.6. The van der Waals surface area contributed by atoms with Crippen molar-refractivity contribution >= 4 is 31.9 Å². The summed E-state index contributed by atoms with van der Waals surface area (Å²) in [5.41, 5.74) is 12.3. The Morgan fingerprint density at radius 3 is 0.670 bits per heavy atom. The summed E-state index contributed by atoms with van der Waals surface area (Å²) in [6.45, 7) is 25.5. The molecule has 2 N–H and O–H groups in total. The van der Waals surface area contributed by atoms with E-state index < -0.39 is 0 Å². The molecular weight excluding hydrogens is 1400 g/mol. The summed E-state index contributed by atoms with van der Waals surface area (Å²) in [4.78, 5) is 0. The Hall–Kier alpha value is -6.60. The van der Waals surface area contributed by atoms with Gasteiger partial charge in [0.05, 0.1) is 66.1 Å². The summed E-state index contributed by atoms with van der Waals surface area (Å²) < 4.78 is 103. The van der Waals surface area contributed by atoms with Crippen LogP contribution >= 0.6 is 31.9 Å². The molecule has 0 radical (unpaired) electrons. The fourth-order valence-corrected chi connectivity index (χ4v) is 12.9. The molecule has 0 unspecified atom stereocenters. The van der Waals surface area contributed by atoms with Crippen molar-refractivity contribution in [1.82, 2.24) is 0 Å². The van der Waals surface area contributed by atoms with Crippen LogP contribution in [0.3, 0.4) is 0 Å². The van der Waals surface area contributed by atoms with Gasteiger partial charge in [-0.1, -0.05) is 188 Å². The van der Waals surface area contributed by atoms with Gasteiger partial charge in [-0.3, -0.25) is 0 Å². The normalized spacial score (nSPS) is 12.9. The topological polar surface area (TPSA) is 114 Å². The second-order valence-electron chi connectivity index (χ2n) is 27.5. The number of rotatable bonds is 28. The minimum atomic E-state index is -0.317. The van der Waals surface area contributed by atoms with Crippen LogP contribution in [0.25, 0.3) is 44.5 Å². The molecule has 100 heavy (non-hydrogen) atoms. The summed E-state index contributed by atoms with van der Waals surface area (Å²) in [7, 11) is 13.1. The zero-order valence-corrected chi connectivity index (χ0v) is 65.4. The van der Waals surface area contributed by atoms with E-state index in [1.807, 2.05) is 60.7 Å². The largest absolute Gasteiger partial charge is 0.497 e. The maximum atomic E-state index is 14.6. The predicted molar refractivity (Wildman–Crippen MR) is 406 cm³/mol. The lowest BCUT2D eigenvalue weighted by atomic mass is 9.77. The molecule has 0 aromatic heterocycles. The molecule has 8 rings (SSSR count). The highest BCUT2D eigenvalue weighted by Gasteiger charge is 2.36. The lowest BCUT2D eigenvalue weighted by Crippen LogP contribution is -2.24. The molecule has 16 heteroatoms. The van der Waals surface area contributed by atoms with Crippen LogP contribution in [0, 0.1) is 44.9 Å². The van der Waals surface area contributed by atoms with E-state index in [0.717, 1.165) is 103 Å². The van der Waals surface area contributed by atoms with Crippen molar-refractivity contribution in [3.05, 3.63) is 213 Å². The van der Waals surface area contributed by atoms with Gasteiger partial charge < -0.3 is 48.1 Å². The van der Waals surface area contributed by atoms with Gasteiger partial charge in [-0.2, -0.15) is 0 Å². The van der Waals surface area contributed by atoms with Gasteiger partial charge in [-0.05, 0) is 187 Å². The van der Waals surface area contributed by atoms with Gasteiger partial charge >= 0.3 is 0 Å². The Morgan fingerprint density at radius 2 is 0.500 bits per heavy atom. The van der Waals surface area contributed by atoms with E-state index in [1.54, 1.807) is 105 Å². The number of aliphatic hydroxyl groups excluding tert-OH is 2. The second kappa shape index (κ2) is 38.6. The maximum Gasteiger partial charge on any atom is 0.131 e. The summed E-state index contributed by atoms with van der Waals surface area (Å²) in [5.74, 6) is 1.29. The molecule has 4 atom stereocenters. The predicted octanol–water partition coefficient (Wildman–Crippen LogP) is 23.3. The Morgan fingerprint density at radius 1 is 0.300 bits per heavy atom. The minimum Gasteiger partial charge on any atom is -0.497 e. The van der Waals surface area contributed by atoms with E-state index >= 15 is 0 Å². The number of alkyl halides is 2. The second-order valence-corrected chi connectivity index (χ2v) is 28.6. The molecule has 10 nitrogen and oxygen atoms in total. The highest BCUT2D eigenvalue weighted by molar-refractivity contribution is 9.08. The van der Waals surface area contributed by atoms with E-state index in [2.05, 4.69) is 127 Å². The van der Waals surface area contributed by atoms with Crippen molar-refractivity contribution in [2.45, 2.75) is 157 Å². The quantitative estimate of drug-likeness (QED) is 0.0363. The van der Waals surface area contributed by atoms with Crippen LogP contribution < -0.4 is 18.9 Å². The van der Waals surface area contributed by atoms with Crippen molar-refractivity contribution in [2.75, 3.05) is 56.9 Å². The van der Waals surface area contributed by atoms with Crippen molar-refractivity contribution in [3.8, 4) is 67.5 Å². The summed E-state index contributed by atoms with van der Waals surface area (Å²) in [6, 6.07) is 42.3. The third-order valence-corrected chi connectivity index (χ3v) is 20.8. The molecule has 0 heterocycles. The molecule has 8 aromatic carbocycles. The highest BCUT2D eigenvalue weighted by Crippen LogP contribution is 2.49. The van der Waals surface area contributed by atoms with Crippen LogP contribution in [0.15, 0.2) is 146 Å². The number of benzene rings is 8. The van der Waals surface area contributed by atoms with Crippen LogP contribution in [-0.4, -0.2) is 67.1 Å². The molecule has 0 bridgehead atoms. The Bertz CT molecular complexity index is 3410. The highest BCUT2D eigenvalue weighted by atomic mass is 79.9. The van der Waals surface area contributed by atoms with Crippen LogP contribution in [0.1, 0.15) is 178 Å². The first-order valence-electron chi connectivity index (χ1n) is 33.8. The lowest BCUT2D eigenvalue weighted by molar-refractivity contribution is 0.00321. The smallest absolute Gasteiger partial charge is 0.131 e. The van der Waals surface area contributed by atoms with Crippen LogP contribution in [0.5, 0.6) is 23.0 Å². The Kier molecular flexibility index (Phi) is 32.5. The number of methoxy groups -OCH3 is 8. The average molecular weight is 1510 g/mol. The molecule has 0 fully saturated rings. The van der Waals surface area contributed by atoms with Crippen molar-refractivity contribution in [3.63, 3.8) is 0 Å². The van der Waals surface area contributed by atoms with E-state index in [-0.39, 0.29) is 82.6 Å². The molecular formula is C84H106Br2F4O10. The van der Waals surface area contributed by atoms with Crippen LogP contribution in [0.4, 0.5) is 17.6 Å². The lowest BCUT2D eigenvalue weighted by Gasteiger charge is -2.34. The summed E-state index contributed by atoms with van der Waals surface area (Å²) in [6.07, 6.45) is 2.95. The van der Waals surface area contributed by atoms with E-state index in [9.17, 15) is 27.8 Å². The molecule has 0 amide bonds. The number of aliphatic hydroxyl groups is 2. The Labute approximate surface area is 610 Å². The molecule has 8 aromatic rings. The molecule has 0 aliphatic heterocycles. The van der Waals surface area contributed by atoms with E-state index in [4.69, 9.17) is 37.9 Å². The number of hydrogen-bond acceptors (Lipinski definition) is 10. The van der Waals surface area contributed by atoms with Gasteiger partial charge in [0.15, 0.2) is 0 Å². The molecule has 0 aliphatic carbocycles. The van der Waals surface area contributed by atoms with Crippen molar-refractivity contribution in [1.29, 1.82) is 0 Å². The molecule has 0 spiro atoms. The first-order valence-corrected chi connectivity index (χ1v) is 36.1. The fourth-order valence-electron chi connectivity index (χ4n) is 12.2. The summed E-state index contributed by atoms with van der Waals surface area (Å²) >= 11 is 7.03. The standard InChI is InChI=1S/2C21H26BrFO2.2C21H27FO3/c2*1-6-21(2,3)20(25-5)18-11-14(13-22)7-9-16(18)17-12-15(24-4)8-10-19(17)23;2*1-6-21(2,3)20(25-5)18-11-14(13-23)7-9-16(18)17-12-15(24-4)8-10-19(17)22/h2*7-12,20H,6,13H2,1-5H3;2*7-12,20,23H,6,13H2,1-5H3/t4*20-/m1010/s1. The summed E-state index contributed by atoms with van der Waals surface area (Å²) in [5, 5.41) is 20.6. The van der Waals surface area contributed by atoms with Crippen LogP contribution in [0.2, 0.25) is 0 Å². The first-order chi connectivity index (χ1) is 47.5. The minimum absolute atomic E-state index is 0.0726. The van der Waals surface area contributed by atoms with E-state index in [0.29, 0.717) is 45.3 Å². The van der Waals surface area contributed by atoms with Gasteiger partial charge in [0.25, 0.3) is 0 Å². The van der Waals surface area contributed by atoms with Crippen LogP contribution in [-0.2, 0) is 42.8 Å². The zero-order chi connectivity index (χ0) is 74.5. The number of ether oxygens (including phenoxy) is 8. The van der Waals surface area contributed by atoms with E-state index in [1.165, 1.54) is 24.3 Å². The fraction of sp³-hybridized carbons (Fsp3) is 0.429. The van der Waals surface area contributed by atoms with Crippen molar-refractivity contribution < 1.29 is 65.7 Å². The first kappa shape index (κ1) is 84.1. The molecule has 0 saturated carbocycles. The van der Waals surface area contributed by atoms with Gasteiger partial charge in [-0.25, -0.2) is 17.6 Å². The third-order valence-electron chi connectivity index (χ3n) is 19.5. The van der Waals surface area contributed by atoms with Gasteiger partial charge in [-0.15, -0.1) is 0 Å². The monoisotopic (exact) mass is 1510 g/mol.